The summed E-state index contributed by atoms with van der Waals surface area (Å²) in [5.74, 6) is 0. The van der Waals surface area contributed by atoms with E-state index < -0.39 is 8.32 Å². The molecule has 0 saturated carbocycles. The molecule has 1 atom stereocenters. The molecular formula is C11H27NOSi. The van der Waals surface area contributed by atoms with Crippen LogP contribution in [0.15, 0.2) is 0 Å². The maximum absolute atomic E-state index is 6.21. The second kappa shape index (κ2) is 4.77. The Morgan fingerprint density at radius 3 is 1.93 bits per heavy atom. The SMILES string of the molecule is C[C@H](CN(C)C)O[Si](C)(C)C(C)(C)C. The van der Waals surface area contributed by atoms with Gasteiger partial charge in [0.15, 0.2) is 8.32 Å². The van der Waals surface area contributed by atoms with E-state index in [9.17, 15) is 0 Å². The first-order valence-corrected chi connectivity index (χ1v) is 8.29. The average Bonchev–Trinajstić information content (AvgIpc) is 1.79. The van der Waals surface area contributed by atoms with Gasteiger partial charge in [-0.05, 0) is 39.2 Å². The molecule has 0 heterocycles. The smallest absolute Gasteiger partial charge is 0.192 e. The first-order chi connectivity index (χ1) is 6.06. The Bertz CT molecular complexity index is 173. The second-order valence-electron chi connectivity index (χ2n) is 5.95. The van der Waals surface area contributed by atoms with Crippen molar-refractivity contribution < 1.29 is 4.43 Å². The van der Waals surface area contributed by atoms with Gasteiger partial charge in [0.25, 0.3) is 0 Å². The Hall–Kier alpha value is 0.137. The molecule has 0 aromatic rings. The first kappa shape index (κ1) is 14.1. The van der Waals surface area contributed by atoms with Crippen LogP contribution in [0.3, 0.4) is 0 Å². The van der Waals surface area contributed by atoms with Crippen LogP contribution in [0.5, 0.6) is 0 Å². The fraction of sp³-hybridized carbons (Fsp3) is 1.00. The molecule has 0 amide bonds. The van der Waals surface area contributed by atoms with E-state index in [4.69, 9.17) is 4.43 Å². The van der Waals surface area contributed by atoms with Crippen molar-refractivity contribution in [3.63, 3.8) is 0 Å². The summed E-state index contributed by atoms with van der Waals surface area (Å²) in [5.41, 5.74) is 0. The topological polar surface area (TPSA) is 12.5 Å². The molecule has 0 aliphatic heterocycles. The first-order valence-electron chi connectivity index (χ1n) is 5.39. The summed E-state index contributed by atoms with van der Waals surface area (Å²) < 4.78 is 6.21. The molecule has 14 heavy (non-hydrogen) atoms. The van der Waals surface area contributed by atoms with E-state index in [0.717, 1.165) is 6.54 Å². The number of hydrogen-bond acceptors (Lipinski definition) is 2. The van der Waals surface area contributed by atoms with Crippen molar-refractivity contribution in [1.29, 1.82) is 0 Å². The standard InChI is InChI=1S/C11H27NOSi/c1-10(9-12(5)6)13-14(7,8)11(2,3)4/h10H,9H2,1-8H3/t10-/m1/s1. The highest BCUT2D eigenvalue weighted by atomic mass is 28.4. The molecule has 2 nitrogen and oxygen atoms in total. The van der Waals surface area contributed by atoms with Crippen molar-refractivity contribution in [2.24, 2.45) is 0 Å². The molecule has 0 aliphatic carbocycles. The van der Waals surface area contributed by atoms with Gasteiger partial charge in [0.1, 0.15) is 0 Å². The molecule has 0 aromatic carbocycles. The zero-order valence-electron chi connectivity index (χ0n) is 11.1. The normalized spacial score (nSPS) is 16.1. The maximum Gasteiger partial charge on any atom is 0.192 e. The van der Waals surface area contributed by atoms with Gasteiger partial charge in [0, 0.05) is 6.54 Å². The summed E-state index contributed by atoms with van der Waals surface area (Å²) in [5, 5.41) is 0.313. The van der Waals surface area contributed by atoms with E-state index in [0.29, 0.717) is 11.1 Å². The van der Waals surface area contributed by atoms with E-state index in [1.54, 1.807) is 0 Å². The van der Waals surface area contributed by atoms with Crippen LogP contribution >= 0.6 is 0 Å². The lowest BCUT2D eigenvalue weighted by atomic mass is 10.2. The summed E-state index contributed by atoms with van der Waals surface area (Å²) in [6.45, 7) is 14.6. The predicted molar refractivity (Wildman–Crippen MR) is 66.3 cm³/mol. The molecule has 0 bridgehead atoms. The number of rotatable bonds is 4. The predicted octanol–water partition coefficient (Wildman–Crippen LogP) is 2.96. The quantitative estimate of drug-likeness (QED) is 0.671. The largest absolute Gasteiger partial charge is 0.413 e. The molecule has 0 aliphatic rings. The molecule has 0 N–H and O–H groups in total. The maximum atomic E-state index is 6.21. The van der Waals surface area contributed by atoms with Crippen LogP contribution < -0.4 is 0 Å². The van der Waals surface area contributed by atoms with Gasteiger partial charge in [0.05, 0.1) is 6.10 Å². The molecule has 0 radical (unpaired) electrons. The molecule has 0 unspecified atom stereocenters. The van der Waals surface area contributed by atoms with E-state index in [2.05, 4.69) is 59.8 Å². The van der Waals surface area contributed by atoms with Gasteiger partial charge in [-0.3, -0.25) is 0 Å². The third-order valence-electron chi connectivity index (χ3n) is 2.92. The monoisotopic (exact) mass is 217 g/mol. The van der Waals surface area contributed by atoms with Crippen LogP contribution in [0.4, 0.5) is 0 Å². The van der Waals surface area contributed by atoms with Crippen molar-refractivity contribution in [2.45, 2.75) is 51.9 Å². The van der Waals surface area contributed by atoms with Crippen molar-refractivity contribution in [1.82, 2.24) is 4.90 Å². The fourth-order valence-electron chi connectivity index (χ4n) is 1.23. The van der Waals surface area contributed by atoms with Gasteiger partial charge in [0.2, 0.25) is 0 Å². The van der Waals surface area contributed by atoms with Crippen LogP contribution in [0.25, 0.3) is 0 Å². The van der Waals surface area contributed by atoms with Crippen LogP contribution in [-0.4, -0.2) is 40.0 Å². The minimum absolute atomic E-state index is 0.313. The summed E-state index contributed by atoms with van der Waals surface area (Å²) in [7, 11) is 2.62. The van der Waals surface area contributed by atoms with E-state index in [1.165, 1.54) is 0 Å². The van der Waals surface area contributed by atoms with Crippen molar-refractivity contribution in [3.8, 4) is 0 Å². The average molecular weight is 217 g/mol. The van der Waals surface area contributed by atoms with Gasteiger partial charge in [-0.1, -0.05) is 20.8 Å². The zero-order valence-corrected chi connectivity index (χ0v) is 12.1. The number of hydrogen-bond donors (Lipinski definition) is 0. The highest BCUT2D eigenvalue weighted by molar-refractivity contribution is 6.74. The summed E-state index contributed by atoms with van der Waals surface area (Å²) >= 11 is 0. The summed E-state index contributed by atoms with van der Waals surface area (Å²) in [6.07, 6.45) is 0.339. The molecule has 86 valence electrons. The lowest BCUT2D eigenvalue weighted by molar-refractivity contribution is 0.160. The zero-order chi connectivity index (χ0) is 11.6. The third kappa shape index (κ3) is 4.58. The Morgan fingerprint density at radius 1 is 1.21 bits per heavy atom. The van der Waals surface area contributed by atoms with Crippen molar-refractivity contribution >= 4 is 8.32 Å². The van der Waals surface area contributed by atoms with E-state index in [-0.39, 0.29) is 0 Å². The molecule has 0 aromatic heterocycles. The number of nitrogens with zero attached hydrogens (tertiary/aromatic N) is 1. The van der Waals surface area contributed by atoms with Gasteiger partial charge < -0.3 is 9.33 Å². The van der Waals surface area contributed by atoms with Crippen LogP contribution in [0.1, 0.15) is 27.7 Å². The molecular weight excluding hydrogens is 190 g/mol. The van der Waals surface area contributed by atoms with Gasteiger partial charge in [-0.15, -0.1) is 0 Å². The van der Waals surface area contributed by atoms with E-state index in [1.807, 2.05) is 0 Å². The van der Waals surface area contributed by atoms with Gasteiger partial charge in [-0.2, -0.15) is 0 Å². The minimum Gasteiger partial charge on any atom is -0.413 e. The number of likely N-dealkylation sites (N-methyl/N-ethyl adjacent to an activating group) is 1. The van der Waals surface area contributed by atoms with Gasteiger partial charge >= 0.3 is 0 Å². The molecule has 0 saturated heterocycles. The highest BCUT2D eigenvalue weighted by Crippen LogP contribution is 2.37. The van der Waals surface area contributed by atoms with Crippen molar-refractivity contribution in [2.75, 3.05) is 20.6 Å². The van der Waals surface area contributed by atoms with Gasteiger partial charge in [-0.25, -0.2) is 0 Å². The van der Waals surface area contributed by atoms with Crippen molar-refractivity contribution in [3.05, 3.63) is 0 Å². The van der Waals surface area contributed by atoms with Crippen LogP contribution in [0, 0.1) is 0 Å². The summed E-state index contributed by atoms with van der Waals surface area (Å²) in [4.78, 5) is 2.18. The minimum atomic E-state index is -1.56. The second-order valence-corrected chi connectivity index (χ2v) is 10.7. The molecule has 3 heteroatoms. The lowest BCUT2D eigenvalue weighted by Crippen LogP contribution is -2.45. The Morgan fingerprint density at radius 2 is 1.64 bits per heavy atom. The lowest BCUT2D eigenvalue weighted by Gasteiger charge is -2.39. The van der Waals surface area contributed by atoms with Crippen LogP contribution in [0.2, 0.25) is 18.1 Å². The van der Waals surface area contributed by atoms with E-state index >= 15 is 0 Å². The van der Waals surface area contributed by atoms with Crippen LogP contribution in [-0.2, 0) is 4.43 Å². The Labute approximate surface area is 90.8 Å². The summed E-state index contributed by atoms with van der Waals surface area (Å²) in [6, 6.07) is 0. The Balaban J connectivity index is 4.22. The fourth-order valence-corrected chi connectivity index (χ4v) is 2.67. The Kier molecular flexibility index (Phi) is 4.82. The third-order valence-corrected chi connectivity index (χ3v) is 7.53. The molecule has 0 fully saturated rings. The molecule has 0 rings (SSSR count). The molecule has 0 spiro atoms. The highest BCUT2D eigenvalue weighted by Gasteiger charge is 2.38.